The SMILES string of the molecule is CCCCc1cc2c(cc1CCCC)c1ccn(-c3c(F)c(F)c(F)c(F)c3F)c1c1c2ccn1-c1c(F)c(F)c(F)c(F)c1F. The van der Waals surface area contributed by atoms with Gasteiger partial charge in [0.15, 0.2) is 46.5 Å². The average Bonchev–Trinajstić information content (AvgIpc) is 3.68. The number of fused-ring (bicyclic) bond motifs is 6. The summed E-state index contributed by atoms with van der Waals surface area (Å²) >= 11 is 0. The number of halogens is 10. The molecule has 46 heavy (non-hydrogen) atoms. The molecular weight excluding hydrogens is 626 g/mol. The summed E-state index contributed by atoms with van der Waals surface area (Å²) in [7, 11) is 0. The zero-order valence-electron chi connectivity index (χ0n) is 24.4. The highest BCUT2D eigenvalue weighted by molar-refractivity contribution is 6.24. The van der Waals surface area contributed by atoms with Gasteiger partial charge in [-0.15, -0.1) is 0 Å². The molecule has 0 N–H and O–H groups in total. The fourth-order valence-corrected chi connectivity index (χ4v) is 6.10. The Balaban J connectivity index is 1.84. The first-order valence-electron chi connectivity index (χ1n) is 14.6. The molecule has 2 heterocycles. The highest BCUT2D eigenvalue weighted by atomic mass is 19.2. The lowest BCUT2D eigenvalue weighted by Crippen LogP contribution is -2.11. The Morgan fingerprint density at radius 3 is 1.04 bits per heavy atom. The Labute approximate surface area is 255 Å². The number of rotatable bonds is 8. The van der Waals surface area contributed by atoms with Crippen LogP contribution >= 0.6 is 0 Å². The molecule has 0 aliphatic carbocycles. The zero-order chi connectivity index (χ0) is 33.2. The fourth-order valence-electron chi connectivity index (χ4n) is 6.10. The Hall–Kier alpha value is -4.48. The molecule has 2 nitrogen and oxygen atoms in total. The van der Waals surface area contributed by atoms with Crippen molar-refractivity contribution in [1.82, 2.24) is 9.13 Å². The van der Waals surface area contributed by atoms with Crippen molar-refractivity contribution >= 4 is 32.6 Å². The molecule has 0 atom stereocenters. The van der Waals surface area contributed by atoms with E-state index in [0.717, 1.165) is 49.2 Å². The number of aryl methyl sites for hydroxylation is 2. The Bertz CT molecular complexity index is 1980. The maximum atomic E-state index is 15.2. The molecule has 2 aromatic heterocycles. The van der Waals surface area contributed by atoms with Crippen molar-refractivity contribution in [3.8, 4) is 11.4 Å². The standard InChI is InChI=1S/C34H24F10N2/c1-3-5-7-15-13-19-17-9-11-45(33-27(41)23(37)21(35)24(38)28(33)42)31(17)32-18(20(19)14-16(15)8-6-4-2)10-12-46(32)34-29(43)25(39)22(36)26(40)30(34)44/h9-14H,3-8H2,1-2H3. The second-order valence-corrected chi connectivity index (χ2v) is 11.1. The van der Waals surface area contributed by atoms with E-state index in [1.807, 2.05) is 26.0 Å². The number of aromatic nitrogens is 2. The van der Waals surface area contributed by atoms with Crippen LogP contribution in [0.4, 0.5) is 43.9 Å². The van der Waals surface area contributed by atoms with Crippen LogP contribution in [0.3, 0.4) is 0 Å². The lowest BCUT2D eigenvalue weighted by atomic mass is 9.91. The average molecular weight is 651 g/mol. The molecule has 6 aromatic rings. The van der Waals surface area contributed by atoms with E-state index in [0.29, 0.717) is 32.7 Å². The molecule has 0 fully saturated rings. The van der Waals surface area contributed by atoms with Crippen LogP contribution in [0.25, 0.3) is 44.0 Å². The van der Waals surface area contributed by atoms with E-state index in [9.17, 15) is 26.3 Å². The van der Waals surface area contributed by atoms with Gasteiger partial charge in [0.2, 0.25) is 11.6 Å². The molecule has 0 saturated heterocycles. The predicted octanol–water partition coefficient (Wildman–Crippen LogP) is 10.8. The van der Waals surface area contributed by atoms with Gasteiger partial charge >= 0.3 is 0 Å². The molecule has 0 aliphatic heterocycles. The van der Waals surface area contributed by atoms with Gasteiger partial charge in [-0.25, -0.2) is 43.9 Å². The monoisotopic (exact) mass is 650 g/mol. The highest BCUT2D eigenvalue weighted by Gasteiger charge is 2.31. The Morgan fingerprint density at radius 2 is 0.739 bits per heavy atom. The molecule has 0 bridgehead atoms. The smallest absolute Gasteiger partial charge is 0.200 e. The van der Waals surface area contributed by atoms with E-state index in [4.69, 9.17) is 0 Å². The number of unbranched alkanes of at least 4 members (excludes halogenated alkanes) is 2. The van der Waals surface area contributed by atoms with Crippen molar-refractivity contribution in [2.45, 2.75) is 52.4 Å². The molecule has 0 unspecified atom stereocenters. The summed E-state index contributed by atoms with van der Waals surface area (Å²) in [6.45, 7) is 4.03. The molecule has 0 spiro atoms. The second kappa shape index (κ2) is 11.7. The van der Waals surface area contributed by atoms with Crippen LogP contribution in [0.5, 0.6) is 0 Å². The van der Waals surface area contributed by atoms with Gasteiger partial charge in [0, 0.05) is 23.2 Å². The predicted molar refractivity (Wildman–Crippen MR) is 154 cm³/mol. The van der Waals surface area contributed by atoms with Gasteiger partial charge in [-0.3, -0.25) is 0 Å². The molecule has 240 valence electrons. The normalized spacial score (nSPS) is 12.0. The Morgan fingerprint density at radius 1 is 0.435 bits per heavy atom. The van der Waals surface area contributed by atoms with Gasteiger partial charge in [-0.2, -0.15) is 0 Å². The molecular formula is C34H24F10N2. The van der Waals surface area contributed by atoms with Gasteiger partial charge in [-0.05, 0) is 59.7 Å². The van der Waals surface area contributed by atoms with E-state index in [2.05, 4.69) is 0 Å². The van der Waals surface area contributed by atoms with Crippen LogP contribution in [0, 0.1) is 58.2 Å². The van der Waals surface area contributed by atoms with E-state index >= 15 is 17.6 Å². The first kappa shape index (κ1) is 31.5. The second-order valence-electron chi connectivity index (χ2n) is 11.1. The number of hydrogen-bond donors (Lipinski definition) is 0. The molecule has 0 radical (unpaired) electrons. The molecule has 6 rings (SSSR count). The van der Waals surface area contributed by atoms with Crippen LogP contribution in [0.2, 0.25) is 0 Å². The maximum absolute atomic E-state index is 15.2. The van der Waals surface area contributed by atoms with Crippen LogP contribution < -0.4 is 0 Å². The first-order chi connectivity index (χ1) is 21.9. The fraction of sp³-hybridized carbons (Fsp3) is 0.235. The number of hydrogen-bond acceptors (Lipinski definition) is 0. The lowest BCUT2D eigenvalue weighted by Gasteiger charge is -2.17. The summed E-state index contributed by atoms with van der Waals surface area (Å²) in [6, 6.07) is 6.38. The summed E-state index contributed by atoms with van der Waals surface area (Å²) < 4.78 is 148. The minimum absolute atomic E-state index is 0.176. The van der Waals surface area contributed by atoms with E-state index in [1.54, 1.807) is 0 Å². The molecule has 4 aromatic carbocycles. The van der Waals surface area contributed by atoms with Crippen LogP contribution in [-0.4, -0.2) is 9.13 Å². The zero-order valence-corrected chi connectivity index (χ0v) is 24.4. The van der Waals surface area contributed by atoms with Gasteiger partial charge in [0.1, 0.15) is 11.4 Å². The van der Waals surface area contributed by atoms with E-state index in [1.165, 1.54) is 12.1 Å². The Kier molecular flexibility index (Phi) is 8.02. The van der Waals surface area contributed by atoms with E-state index < -0.39 is 69.5 Å². The van der Waals surface area contributed by atoms with Crippen molar-refractivity contribution in [1.29, 1.82) is 0 Å². The summed E-state index contributed by atoms with van der Waals surface area (Å²) in [6.07, 6.45) is 6.81. The molecule has 0 amide bonds. The summed E-state index contributed by atoms with van der Waals surface area (Å²) in [5, 5.41) is 1.34. The van der Waals surface area contributed by atoms with Crippen molar-refractivity contribution in [3.63, 3.8) is 0 Å². The van der Waals surface area contributed by atoms with Crippen LogP contribution in [0.1, 0.15) is 50.7 Å². The quantitative estimate of drug-likeness (QED) is 0.0882. The third-order valence-corrected chi connectivity index (χ3v) is 8.37. The largest absolute Gasteiger partial charge is 0.309 e. The molecule has 12 heteroatoms. The number of nitrogens with zero attached hydrogens (tertiary/aromatic N) is 2. The minimum atomic E-state index is -2.39. The van der Waals surface area contributed by atoms with Crippen molar-refractivity contribution in [2.24, 2.45) is 0 Å². The first-order valence-corrected chi connectivity index (χ1v) is 14.6. The van der Waals surface area contributed by atoms with Gasteiger partial charge < -0.3 is 9.13 Å². The summed E-state index contributed by atoms with van der Waals surface area (Å²) in [5.74, 6) is -22.5. The maximum Gasteiger partial charge on any atom is 0.200 e. The number of benzene rings is 4. The molecule has 0 aliphatic rings. The molecule has 0 saturated carbocycles. The minimum Gasteiger partial charge on any atom is -0.309 e. The van der Waals surface area contributed by atoms with E-state index in [-0.39, 0.29) is 21.8 Å². The topological polar surface area (TPSA) is 9.86 Å². The summed E-state index contributed by atoms with van der Waals surface area (Å²) in [4.78, 5) is 0. The van der Waals surface area contributed by atoms with Gasteiger partial charge in [0.05, 0.1) is 11.0 Å². The third-order valence-electron chi connectivity index (χ3n) is 8.37. The van der Waals surface area contributed by atoms with Crippen molar-refractivity contribution in [2.75, 3.05) is 0 Å². The third kappa shape index (κ3) is 4.55. The highest BCUT2D eigenvalue weighted by Crippen LogP contribution is 2.42. The van der Waals surface area contributed by atoms with Gasteiger partial charge in [-0.1, -0.05) is 38.8 Å². The lowest BCUT2D eigenvalue weighted by molar-refractivity contribution is 0.375. The van der Waals surface area contributed by atoms with Crippen molar-refractivity contribution in [3.05, 3.63) is 106 Å². The van der Waals surface area contributed by atoms with Crippen LogP contribution in [-0.2, 0) is 12.8 Å². The van der Waals surface area contributed by atoms with Crippen LogP contribution in [0.15, 0.2) is 36.7 Å². The summed E-state index contributed by atoms with van der Waals surface area (Å²) in [5.41, 5.74) is -1.42. The van der Waals surface area contributed by atoms with Crippen molar-refractivity contribution < 1.29 is 43.9 Å². The van der Waals surface area contributed by atoms with Gasteiger partial charge in [0.25, 0.3) is 0 Å².